The summed E-state index contributed by atoms with van der Waals surface area (Å²) in [4.78, 5) is 17.4. The molecule has 0 unspecified atom stereocenters. The number of nitrogens with zero attached hydrogens (tertiary/aromatic N) is 1. The molecule has 0 bridgehead atoms. The minimum atomic E-state index is -1.10. The fourth-order valence-electron chi connectivity index (χ4n) is 2.72. The molecule has 1 N–H and O–H groups in total. The molecule has 6 heteroatoms. The molecule has 0 atom stereocenters. The highest BCUT2D eigenvalue weighted by molar-refractivity contribution is 6.76. The summed E-state index contributed by atoms with van der Waals surface area (Å²) in [6, 6.07) is 6.82. The molecule has 2 rings (SSSR count). The summed E-state index contributed by atoms with van der Waals surface area (Å²) in [6.07, 6.45) is 3.15. The lowest BCUT2D eigenvalue weighted by atomic mass is 10.1. The Morgan fingerprint density at radius 3 is 2.68 bits per heavy atom. The summed E-state index contributed by atoms with van der Waals surface area (Å²) in [5.74, 6) is 0.558. The van der Waals surface area contributed by atoms with E-state index < -0.39 is 14.2 Å². The van der Waals surface area contributed by atoms with Crippen molar-refractivity contribution in [3.05, 3.63) is 30.0 Å². The summed E-state index contributed by atoms with van der Waals surface area (Å²) in [5, 5.41) is 0.961. The van der Waals surface area contributed by atoms with Gasteiger partial charge in [-0.1, -0.05) is 31.8 Å². The van der Waals surface area contributed by atoms with Crippen molar-refractivity contribution < 1.29 is 14.3 Å². The molecule has 1 heterocycles. The van der Waals surface area contributed by atoms with Crippen molar-refractivity contribution in [2.24, 2.45) is 0 Å². The summed E-state index contributed by atoms with van der Waals surface area (Å²) >= 11 is 0. The first-order chi connectivity index (χ1) is 11.8. The molecule has 2 aromatic rings. The van der Waals surface area contributed by atoms with Gasteiger partial charge >= 0.3 is 6.16 Å². The average molecular weight is 363 g/mol. The first kappa shape index (κ1) is 19.5. The highest BCUT2D eigenvalue weighted by atomic mass is 28.3. The molecule has 0 aliphatic carbocycles. The van der Waals surface area contributed by atoms with Crippen molar-refractivity contribution in [2.75, 3.05) is 27.2 Å². The second-order valence-electron chi connectivity index (χ2n) is 7.91. The SMILES string of the molecule is CN(C)CCc1c[nH]c2cccc(OC(=O)OCCC[Si](C)(C)C)c12. The number of likely N-dealkylation sites (N-methyl/N-ethyl adjacent to an activating group) is 1. The Kier molecular flexibility index (Phi) is 6.67. The number of carbonyl (C=O) groups is 1. The van der Waals surface area contributed by atoms with Crippen molar-refractivity contribution >= 4 is 25.1 Å². The van der Waals surface area contributed by atoms with E-state index in [0.717, 1.165) is 41.9 Å². The van der Waals surface area contributed by atoms with Crippen LogP contribution in [0.15, 0.2) is 24.4 Å². The van der Waals surface area contributed by atoms with Crippen LogP contribution in [0.3, 0.4) is 0 Å². The summed E-state index contributed by atoms with van der Waals surface area (Å²) in [7, 11) is 2.99. The third-order valence-electron chi connectivity index (χ3n) is 4.06. The van der Waals surface area contributed by atoms with Crippen LogP contribution in [-0.4, -0.2) is 51.4 Å². The van der Waals surface area contributed by atoms with Crippen LogP contribution >= 0.6 is 0 Å². The number of hydrogen-bond acceptors (Lipinski definition) is 4. The zero-order chi connectivity index (χ0) is 18.4. The maximum atomic E-state index is 12.0. The fourth-order valence-corrected chi connectivity index (χ4v) is 3.93. The first-order valence-corrected chi connectivity index (χ1v) is 12.6. The van der Waals surface area contributed by atoms with E-state index in [1.807, 2.05) is 38.5 Å². The highest BCUT2D eigenvalue weighted by Crippen LogP contribution is 2.29. The van der Waals surface area contributed by atoms with Crippen molar-refractivity contribution in [2.45, 2.75) is 38.5 Å². The van der Waals surface area contributed by atoms with Crippen LogP contribution in [0.4, 0.5) is 4.79 Å². The van der Waals surface area contributed by atoms with E-state index in [1.165, 1.54) is 0 Å². The molecular weight excluding hydrogens is 332 g/mol. The standard InChI is InChI=1S/C19H30N2O3Si/c1-21(2)11-10-15-14-20-16-8-6-9-17(18(15)16)24-19(22)23-12-7-13-25(3,4)5/h6,8-9,14,20H,7,10-13H2,1-5H3. The molecular formula is C19H30N2O3Si. The van der Waals surface area contributed by atoms with Crippen molar-refractivity contribution in [1.29, 1.82) is 0 Å². The maximum absolute atomic E-state index is 12.0. The molecule has 25 heavy (non-hydrogen) atoms. The Hall–Kier alpha value is -1.79. The van der Waals surface area contributed by atoms with E-state index in [2.05, 4.69) is 29.5 Å². The zero-order valence-electron chi connectivity index (χ0n) is 16.0. The molecule has 1 aromatic carbocycles. The van der Waals surface area contributed by atoms with Gasteiger partial charge in [-0.2, -0.15) is 0 Å². The number of aromatic nitrogens is 1. The molecule has 5 nitrogen and oxygen atoms in total. The number of carbonyl (C=O) groups excluding carboxylic acids is 1. The Labute approximate surface area is 151 Å². The van der Waals surface area contributed by atoms with Gasteiger partial charge in [0.1, 0.15) is 5.75 Å². The molecule has 0 spiro atoms. The van der Waals surface area contributed by atoms with Crippen LogP contribution in [0.25, 0.3) is 10.9 Å². The summed E-state index contributed by atoms with van der Waals surface area (Å²) in [6.45, 7) is 8.29. The summed E-state index contributed by atoms with van der Waals surface area (Å²) in [5.41, 5.74) is 2.11. The van der Waals surface area contributed by atoms with Crippen LogP contribution in [0, 0.1) is 0 Å². The van der Waals surface area contributed by atoms with Crippen LogP contribution in [0.1, 0.15) is 12.0 Å². The van der Waals surface area contributed by atoms with Crippen LogP contribution in [0.2, 0.25) is 25.7 Å². The third kappa shape index (κ3) is 6.21. The van der Waals surface area contributed by atoms with Gasteiger partial charge < -0.3 is 19.4 Å². The highest BCUT2D eigenvalue weighted by Gasteiger charge is 2.15. The van der Waals surface area contributed by atoms with Gasteiger partial charge in [0.25, 0.3) is 0 Å². The monoisotopic (exact) mass is 362 g/mol. The van der Waals surface area contributed by atoms with Gasteiger partial charge in [0.15, 0.2) is 0 Å². The predicted molar refractivity (Wildman–Crippen MR) is 105 cm³/mol. The molecule has 0 amide bonds. The van der Waals surface area contributed by atoms with E-state index in [0.29, 0.717) is 12.4 Å². The normalized spacial score (nSPS) is 11.9. The molecule has 1 aromatic heterocycles. The molecule has 0 aliphatic rings. The third-order valence-corrected chi connectivity index (χ3v) is 5.92. The van der Waals surface area contributed by atoms with E-state index >= 15 is 0 Å². The van der Waals surface area contributed by atoms with E-state index in [9.17, 15) is 4.79 Å². The number of aromatic amines is 1. The topological polar surface area (TPSA) is 54.6 Å². The lowest BCUT2D eigenvalue weighted by Gasteiger charge is -2.15. The number of benzene rings is 1. The van der Waals surface area contributed by atoms with E-state index in [1.54, 1.807) is 0 Å². The van der Waals surface area contributed by atoms with Gasteiger partial charge in [-0.15, -0.1) is 0 Å². The molecule has 138 valence electrons. The van der Waals surface area contributed by atoms with Crippen LogP contribution in [0.5, 0.6) is 5.75 Å². The zero-order valence-corrected chi connectivity index (χ0v) is 17.0. The smallest absolute Gasteiger partial charge is 0.434 e. The largest absolute Gasteiger partial charge is 0.513 e. The Balaban J connectivity index is 2.00. The second-order valence-corrected chi connectivity index (χ2v) is 13.5. The van der Waals surface area contributed by atoms with Gasteiger partial charge in [-0.05, 0) is 44.6 Å². The predicted octanol–water partition coefficient (Wildman–Crippen LogP) is 4.52. The van der Waals surface area contributed by atoms with Gasteiger partial charge in [0.05, 0.1) is 6.61 Å². The summed E-state index contributed by atoms with van der Waals surface area (Å²) < 4.78 is 10.7. The lowest BCUT2D eigenvalue weighted by molar-refractivity contribution is 0.0996. The Bertz CT molecular complexity index is 704. The van der Waals surface area contributed by atoms with Crippen molar-refractivity contribution in [3.63, 3.8) is 0 Å². The number of hydrogen-bond donors (Lipinski definition) is 1. The molecule has 0 aliphatic heterocycles. The molecule has 0 saturated carbocycles. The Morgan fingerprint density at radius 2 is 2.00 bits per heavy atom. The van der Waals surface area contributed by atoms with Crippen LogP contribution < -0.4 is 4.74 Å². The molecule has 0 radical (unpaired) electrons. The fraction of sp³-hybridized carbons (Fsp3) is 0.526. The van der Waals surface area contributed by atoms with Gasteiger partial charge in [-0.3, -0.25) is 0 Å². The number of ether oxygens (including phenoxy) is 2. The van der Waals surface area contributed by atoms with Gasteiger partial charge in [0, 0.05) is 31.7 Å². The lowest BCUT2D eigenvalue weighted by Crippen LogP contribution is -2.20. The molecule has 0 fully saturated rings. The first-order valence-electron chi connectivity index (χ1n) is 8.84. The number of H-pyrrole nitrogens is 1. The number of fused-ring (bicyclic) bond motifs is 1. The maximum Gasteiger partial charge on any atom is 0.513 e. The number of rotatable bonds is 8. The average Bonchev–Trinajstić information content (AvgIpc) is 2.93. The quantitative estimate of drug-likeness (QED) is 0.325. The van der Waals surface area contributed by atoms with Crippen molar-refractivity contribution in [1.82, 2.24) is 9.88 Å². The number of nitrogens with one attached hydrogen (secondary N) is 1. The van der Waals surface area contributed by atoms with Gasteiger partial charge in [0.2, 0.25) is 0 Å². The Morgan fingerprint density at radius 1 is 1.24 bits per heavy atom. The van der Waals surface area contributed by atoms with E-state index in [-0.39, 0.29) is 0 Å². The minimum Gasteiger partial charge on any atom is -0.434 e. The van der Waals surface area contributed by atoms with Crippen molar-refractivity contribution in [3.8, 4) is 5.75 Å². The second kappa shape index (κ2) is 8.54. The molecule has 0 saturated heterocycles. The van der Waals surface area contributed by atoms with E-state index in [4.69, 9.17) is 9.47 Å². The van der Waals surface area contributed by atoms with Gasteiger partial charge in [-0.25, -0.2) is 4.79 Å². The minimum absolute atomic E-state index is 0.416. The van der Waals surface area contributed by atoms with Crippen LogP contribution in [-0.2, 0) is 11.2 Å².